The zero-order chi connectivity index (χ0) is 18.3. The van der Waals surface area contributed by atoms with Gasteiger partial charge in [0.25, 0.3) is 5.91 Å². The van der Waals surface area contributed by atoms with E-state index in [4.69, 9.17) is 0 Å². The molecule has 0 radical (unpaired) electrons. The largest absolute Gasteiger partial charge is 0.586 e. The molecule has 2 aromatic carbocycles. The normalized spacial score (nSPS) is 18.7. The summed E-state index contributed by atoms with van der Waals surface area (Å²) in [5.41, 5.74) is 1.51. The number of carbonyl (C=O) groups excluding carboxylic acids is 1. The highest BCUT2D eigenvalue weighted by Crippen LogP contribution is 2.41. The molecule has 0 bridgehead atoms. The Morgan fingerprint density at radius 1 is 1.12 bits per heavy atom. The molecular formula is C18H13F2N3O3. The number of aliphatic imine (C=N–C) groups is 1. The molecule has 4 rings (SSSR count). The number of guanidine groups is 1. The van der Waals surface area contributed by atoms with Crippen LogP contribution in [0.5, 0.6) is 11.5 Å². The molecule has 2 aliphatic heterocycles. The van der Waals surface area contributed by atoms with E-state index >= 15 is 0 Å². The topological polar surface area (TPSA) is 63.2 Å². The molecular weight excluding hydrogens is 344 g/mol. The van der Waals surface area contributed by atoms with Crippen LogP contribution >= 0.6 is 0 Å². The molecule has 0 fully saturated rings. The summed E-state index contributed by atoms with van der Waals surface area (Å²) in [7, 11) is 1.78. The van der Waals surface area contributed by atoms with Gasteiger partial charge in [0, 0.05) is 12.7 Å². The first-order chi connectivity index (χ1) is 12.4. The van der Waals surface area contributed by atoms with Gasteiger partial charge in [0.05, 0.1) is 0 Å². The van der Waals surface area contributed by atoms with Gasteiger partial charge in [-0.1, -0.05) is 24.3 Å². The van der Waals surface area contributed by atoms with E-state index in [-0.39, 0.29) is 23.1 Å². The first-order valence-corrected chi connectivity index (χ1v) is 7.72. The number of hydrogen-bond acceptors (Lipinski definition) is 5. The summed E-state index contributed by atoms with van der Waals surface area (Å²) in [6.07, 6.45) is -2.19. The fraction of sp³-hybridized carbons (Fsp3) is 0.111. The number of amides is 1. The summed E-state index contributed by atoms with van der Waals surface area (Å²) in [4.78, 5) is 18.2. The number of hydrogen-bond donors (Lipinski definition) is 1. The molecule has 0 spiro atoms. The molecule has 0 atom stereocenters. The standard InChI is InChI=1S/C18H13F2N3O3/c1-23(12-5-3-2-4-6-12)17-21-13(16(24)22-17)9-11-7-8-14-15(10-11)26-18(19,20)25-14/h2-10H,1H3,(H,21,22,24). The quantitative estimate of drug-likeness (QED) is 0.840. The second-order valence-corrected chi connectivity index (χ2v) is 5.69. The third-order valence-corrected chi connectivity index (χ3v) is 3.87. The molecule has 0 saturated heterocycles. The number of nitrogens with one attached hydrogen (secondary N) is 1. The summed E-state index contributed by atoms with van der Waals surface area (Å²) >= 11 is 0. The van der Waals surface area contributed by atoms with Gasteiger partial charge < -0.3 is 14.4 Å². The number of carbonyl (C=O) groups is 1. The van der Waals surface area contributed by atoms with Crippen LogP contribution in [0.2, 0.25) is 0 Å². The Hall–Kier alpha value is -3.42. The fourth-order valence-electron chi connectivity index (χ4n) is 2.60. The Labute approximate surface area is 147 Å². The first-order valence-electron chi connectivity index (χ1n) is 7.72. The van der Waals surface area contributed by atoms with E-state index in [1.165, 1.54) is 24.3 Å². The van der Waals surface area contributed by atoms with Gasteiger partial charge in [0.2, 0.25) is 5.96 Å². The van der Waals surface area contributed by atoms with Crippen molar-refractivity contribution in [3.8, 4) is 11.5 Å². The maximum Gasteiger partial charge on any atom is 0.586 e. The van der Waals surface area contributed by atoms with E-state index in [1.807, 2.05) is 30.3 Å². The van der Waals surface area contributed by atoms with Crippen LogP contribution in [0, 0.1) is 0 Å². The van der Waals surface area contributed by atoms with Crippen LogP contribution < -0.4 is 19.7 Å². The van der Waals surface area contributed by atoms with Crippen molar-refractivity contribution in [2.45, 2.75) is 6.29 Å². The number of anilines is 1. The van der Waals surface area contributed by atoms with Crippen LogP contribution in [-0.4, -0.2) is 25.2 Å². The summed E-state index contributed by atoms with van der Waals surface area (Å²) < 4.78 is 34.9. The minimum Gasteiger partial charge on any atom is -0.395 e. The van der Waals surface area contributed by atoms with Crippen LogP contribution in [0.15, 0.2) is 59.2 Å². The molecule has 132 valence electrons. The van der Waals surface area contributed by atoms with Crippen LogP contribution in [0.4, 0.5) is 14.5 Å². The van der Waals surface area contributed by atoms with Crippen molar-refractivity contribution in [2.24, 2.45) is 4.99 Å². The number of ether oxygens (including phenoxy) is 2. The van der Waals surface area contributed by atoms with Crippen LogP contribution in [0.1, 0.15) is 5.56 Å². The number of alkyl halides is 2. The SMILES string of the molecule is CN(C1=NC(=Cc2ccc3c(c2)OC(F)(F)O3)C(=O)N1)c1ccccc1. The molecule has 8 heteroatoms. The predicted octanol–water partition coefficient (Wildman–Crippen LogP) is 2.97. The van der Waals surface area contributed by atoms with E-state index in [9.17, 15) is 13.6 Å². The summed E-state index contributed by atoms with van der Waals surface area (Å²) in [6, 6.07) is 13.7. The van der Waals surface area contributed by atoms with E-state index in [2.05, 4.69) is 19.8 Å². The summed E-state index contributed by atoms with van der Waals surface area (Å²) in [6.45, 7) is 0. The van der Waals surface area contributed by atoms with E-state index in [0.717, 1.165) is 5.69 Å². The average Bonchev–Trinajstić information content (AvgIpc) is 3.13. The molecule has 0 saturated carbocycles. The van der Waals surface area contributed by atoms with Crippen molar-refractivity contribution in [3.63, 3.8) is 0 Å². The lowest BCUT2D eigenvalue weighted by Crippen LogP contribution is -2.37. The van der Waals surface area contributed by atoms with E-state index in [1.54, 1.807) is 11.9 Å². The highest BCUT2D eigenvalue weighted by molar-refractivity contribution is 6.18. The lowest BCUT2D eigenvalue weighted by molar-refractivity contribution is -0.286. The van der Waals surface area contributed by atoms with Gasteiger partial charge in [0.1, 0.15) is 5.70 Å². The lowest BCUT2D eigenvalue weighted by Gasteiger charge is -2.17. The molecule has 26 heavy (non-hydrogen) atoms. The molecule has 0 aliphatic carbocycles. The highest BCUT2D eigenvalue weighted by atomic mass is 19.3. The van der Waals surface area contributed by atoms with Crippen molar-refractivity contribution in [3.05, 3.63) is 59.8 Å². The predicted molar refractivity (Wildman–Crippen MR) is 91.0 cm³/mol. The van der Waals surface area contributed by atoms with Gasteiger partial charge in [0.15, 0.2) is 11.5 Å². The Bertz CT molecular complexity index is 942. The molecule has 1 amide bonds. The third kappa shape index (κ3) is 2.97. The number of rotatable bonds is 2. The van der Waals surface area contributed by atoms with Gasteiger partial charge in [-0.3, -0.25) is 10.1 Å². The smallest absolute Gasteiger partial charge is 0.395 e. The molecule has 1 N–H and O–H groups in total. The van der Waals surface area contributed by atoms with Crippen molar-refractivity contribution >= 4 is 23.6 Å². The minimum absolute atomic E-state index is 0.0546. The highest BCUT2D eigenvalue weighted by Gasteiger charge is 2.43. The van der Waals surface area contributed by atoms with E-state index < -0.39 is 6.29 Å². The van der Waals surface area contributed by atoms with Crippen molar-refractivity contribution in [2.75, 3.05) is 11.9 Å². The summed E-state index contributed by atoms with van der Waals surface area (Å²) in [5.74, 6) is -0.153. The first kappa shape index (κ1) is 16.1. The van der Waals surface area contributed by atoms with E-state index in [0.29, 0.717) is 11.5 Å². The minimum atomic E-state index is -3.68. The second kappa shape index (κ2) is 5.83. The number of fused-ring (bicyclic) bond motifs is 1. The molecule has 2 aromatic rings. The van der Waals surface area contributed by atoms with Crippen molar-refractivity contribution < 1.29 is 23.0 Å². The monoisotopic (exact) mass is 357 g/mol. The van der Waals surface area contributed by atoms with Crippen LogP contribution in [-0.2, 0) is 4.79 Å². The second-order valence-electron chi connectivity index (χ2n) is 5.69. The molecule has 2 heterocycles. The van der Waals surface area contributed by atoms with Gasteiger partial charge >= 0.3 is 6.29 Å². The maximum atomic E-state index is 13.1. The Balaban J connectivity index is 1.60. The van der Waals surface area contributed by atoms with Gasteiger partial charge in [-0.2, -0.15) is 0 Å². The Kier molecular flexibility index (Phi) is 3.61. The molecule has 6 nitrogen and oxygen atoms in total. The number of benzene rings is 2. The number of para-hydroxylation sites is 1. The van der Waals surface area contributed by atoms with Gasteiger partial charge in [-0.25, -0.2) is 4.99 Å². The van der Waals surface area contributed by atoms with Crippen LogP contribution in [0.25, 0.3) is 6.08 Å². The average molecular weight is 357 g/mol. The lowest BCUT2D eigenvalue weighted by atomic mass is 10.1. The Morgan fingerprint density at radius 3 is 2.62 bits per heavy atom. The number of nitrogens with zero attached hydrogens (tertiary/aromatic N) is 2. The zero-order valence-corrected chi connectivity index (χ0v) is 13.6. The Morgan fingerprint density at radius 2 is 1.85 bits per heavy atom. The van der Waals surface area contributed by atoms with Gasteiger partial charge in [-0.15, -0.1) is 8.78 Å². The van der Waals surface area contributed by atoms with Gasteiger partial charge in [-0.05, 0) is 35.9 Å². The van der Waals surface area contributed by atoms with Crippen molar-refractivity contribution in [1.29, 1.82) is 0 Å². The van der Waals surface area contributed by atoms with Crippen LogP contribution in [0.3, 0.4) is 0 Å². The fourth-order valence-corrected chi connectivity index (χ4v) is 2.60. The zero-order valence-electron chi connectivity index (χ0n) is 13.6. The molecule has 2 aliphatic rings. The molecule has 0 unspecified atom stereocenters. The number of halogens is 2. The third-order valence-electron chi connectivity index (χ3n) is 3.87. The summed E-state index contributed by atoms with van der Waals surface area (Å²) in [5, 5.41) is 2.68. The maximum absolute atomic E-state index is 13.1. The van der Waals surface area contributed by atoms with Crippen molar-refractivity contribution in [1.82, 2.24) is 5.32 Å². The molecule has 0 aromatic heterocycles.